The summed E-state index contributed by atoms with van der Waals surface area (Å²) in [5, 5.41) is 10.5. The first kappa shape index (κ1) is 13.5. The maximum atomic E-state index is 5.88. The van der Waals surface area contributed by atoms with Crippen LogP contribution in [0.4, 0.5) is 17.6 Å². The molecule has 0 saturated heterocycles. The lowest BCUT2D eigenvalue weighted by Gasteiger charge is -2.06. The zero-order valence-electron chi connectivity index (χ0n) is 11.1. The van der Waals surface area contributed by atoms with Gasteiger partial charge in [-0.2, -0.15) is 20.1 Å². The van der Waals surface area contributed by atoms with E-state index in [-0.39, 0.29) is 5.28 Å². The van der Waals surface area contributed by atoms with Gasteiger partial charge in [-0.25, -0.2) is 0 Å². The normalized spacial score (nSPS) is 10.5. The minimum Gasteiger partial charge on any atom is -0.354 e. The molecule has 0 aromatic carbocycles. The molecule has 0 aliphatic carbocycles. The monoisotopic (exact) mass is 281 g/mol. The van der Waals surface area contributed by atoms with E-state index in [0.29, 0.717) is 11.9 Å². The molecule has 0 atom stereocenters. The van der Waals surface area contributed by atoms with Crippen molar-refractivity contribution in [2.24, 2.45) is 7.05 Å². The Labute approximate surface area is 116 Å². The van der Waals surface area contributed by atoms with E-state index in [0.717, 1.165) is 24.3 Å². The highest BCUT2D eigenvalue weighted by Gasteiger charge is 2.08. The number of anilines is 3. The third kappa shape index (κ3) is 3.54. The van der Waals surface area contributed by atoms with Crippen LogP contribution < -0.4 is 10.6 Å². The van der Waals surface area contributed by atoms with Gasteiger partial charge >= 0.3 is 0 Å². The minimum atomic E-state index is 0.151. The molecular formula is C11H16ClN7. The number of rotatable bonds is 5. The summed E-state index contributed by atoms with van der Waals surface area (Å²) < 4.78 is 1.72. The standard InChI is InChI=1S/C11H16ClN7/c1-4-5-13-10-15-9(12)16-11(17-10)14-8-6-19(3)18-7(8)2/h6H,4-5H2,1-3H3,(H2,13,14,15,16,17). The van der Waals surface area contributed by atoms with Crippen molar-refractivity contribution in [1.82, 2.24) is 24.7 Å². The Morgan fingerprint density at radius 2 is 2.00 bits per heavy atom. The van der Waals surface area contributed by atoms with Gasteiger partial charge in [0.1, 0.15) is 0 Å². The predicted octanol–water partition coefficient (Wildman–Crippen LogP) is 2.13. The van der Waals surface area contributed by atoms with Crippen LogP contribution >= 0.6 is 11.6 Å². The second-order valence-corrected chi connectivity index (χ2v) is 4.44. The molecule has 0 amide bonds. The van der Waals surface area contributed by atoms with Crippen LogP contribution in [0.1, 0.15) is 19.0 Å². The molecule has 0 bridgehead atoms. The smallest absolute Gasteiger partial charge is 0.233 e. The maximum absolute atomic E-state index is 5.88. The fourth-order valence-corrected chi connectivity index (χ4v) is 1.72. The van der Waals surface area contributed by atoms with Gasteiger partial charge in [0, 0.05) is 19.8 Å². The van der Waals surface area contributed by atoms with Gasteiger partial charge in [0.05, 0.1) is 11.4 Å². The Balaban J connectivity index is 2.20. The van der Waals surface area contributed by atoms with E-state index in [1.165, 1.54) is 0 Å². The molecule has 19 heavy (non-hydrogen) atoms. The average Bonchev–Trinajstić information content (AvgIpc) is 2.64. The summed E-state index contributed by atoms with van der Waals surface area (Å²) in [6.45, 7) is 4.75. The van der Waals surface area contributed by atoms with E-state index in [1.807, 2.05) is 20.2 Å². The van der Waals surface area contributed by atoms with E-state index < -0.39 is 0 Å². The fourth-order valence-electron chi connectivity index (χ4n) is 1.56. The van der Waals surface area contributed by atoms with E-state index >= 15 is 0 Å². The summed E-state index contributed by atoms with van der Waals surface area (Å²) in [5.74, 6) is 0.862. The Kier molecular flexibility index (Phi) is 4.16. The van der Waals surface area contributed by atoms with Crippen LogP contribution in [0.25, 0.3) is 0 Å². The first-order valence-electron chi connectivity index (χ1n) is 6.01. The highest BCUT2D eigenvalue weighted by Crippen LogP contribution is 2.18. The van der Waals surface area contributed by atoms with Crippen LogP contribution in [-0.4, -0.2) is 31.3 Å². The Morgan fingerprint density at radius 3 is 2.63 bits per heavy atom. The Morgan fingerprint density at radius 1 is 1.26 bits per heavy atom. The zero-order chi connectivity index (χ0) is 13.8. The number of nitrogens with one attached hydrogen (secondary N) is 2. The molecule has 0 unspecified atom stereocenters. The minimum absolute atomic E-state index is 0.151. The molecule has 102 valence electrons. The first-order valence-corrected chi connectivity index (χ1v) is 6.39. The molecule has 0 radical (unpaired) electrons. The van der Waals surface area contributed by atoms with Crippen LogP contribution in [0.3, 0.4) is 0 Å². The lowest BCUT2D eigenvalue weighted by molar-refractivity contribution is 0.756. The van der Waals surface area contributed by atoms with Crippen LogP contribution in [-0.2, 0) is 7.05 Å². The number of aromatic nitrogens is 5. The van der Waals surface area contributed by atoms with Gasteiger partial charge < -0.3 is 10.6 Å². The molecule has 2 N–H and O–H groups in total. The highest BCUT2D eigenvalue weighted by atomic mass is 35.5. The molecule has 0 aliphatic heterocycles. The average molecular weight is 282 g/mol. The number of nitrogens with zero attached hydrogens (tertiary/aromatic N) is 5. The quantitative estimate of drug-likeness (QED) is 0.874. The molecule has 2 heterocycles. The molecule has 2 aromatic heterocycles. The van der Waals surface area contributed by atoms with Crippen LogP contribution in [0, 0.1) is 6.92 Å². The number of hydrogen-bond acceptors (Lipinski definition) is 6. The molecular weight excluding hydrogens is 266 g/mol. The number of halogens is 1. The summed E-state index contributed by atoms with van der Waals surface area (Å²) in [6.07, 6.45) is 2.83. The van der Waals surface area contributed by atoms with Crippen molar-refractivity contribution in [2.45, 2.75) is 20.3 Å². The van der Waals surface area contributed by atoms with E-state index in [4.69, 9.17) is 11.6 Å². The highest BCUT2D eigenvalue weighted by molar-refractivity contribution is 6.28. The van der Waals surface area contributed by atoms with Gasteiger partial charge in [0.25, 0.3) is 0 Å². The van der Waals surface area contributed by atoms with Crippen LogP contribution in [0.15, 0.2) is 6.20 Å². The summed E-state index contributed by atoms with van der Waals surface area (Å²) in [6, 6.07) is 0. The molecule has 0 spiro atoms. The second kappa shape index (κ2) is 5.83. The van der Waals surface area contributed by atoms with Crippen molar-refractivity contribution < 1.29 is 0 Å². The summed E-state index contributed by atoms with van der Waals surface area (Å²) in [5.41, 5.74) is 1.70. The zero-order valence-corrected chi connectivity index (χ0v) is 11.9. The van der Waals surface area contributed by atoms with Crippen molar-refractivity contribution in [2.75, 3.05) is 17.2 Å². The van der Waals surface area contributed by atoms with Crippen molar-refractivity contribution in [3.63, 3.8) is 0 Å². The van der Waals surface area contributed by atoms with Gasteiger partial charge in [-0.3, -0.25) is 4.68 Å². The Hall–Kier alpha value is -1.89. The van der Waals surface area contributed by atoms with Crippen molar-refractivity contribution in [1.29, 1.82) is 0 Å². The molecule has 0 fully saturated rings. The van der Waals surface area contributed by atoms with E-state index in [1.54, 1.807) is 4.68 Å². The fraction of sp³-hybridized carbons (Fsp3) is 0.455. The van der Waals surface area contributed by atoms with Crippen molar-refractivity contribution in [3.05, 3.63) is 17.2 Å². The summed E-state index contributed by atoms with van der Waals surface area (Å²) in [4.78, 5) is 12.3. The topological polar surface area (TPSA) is 80.5 Å². The van der Waals surface area contributed by atoms with E-state index in [2.05, 4.69) is 37.6 Å². The van der Waals surface area contributed by atoms with Gasteiger partial charge in [-0.1, -0.05) is 6.92 Å². The van der Waals surface area contributed by atoms with Crippen LogP contribution in [0.2, 0.25) is 5.28 Å². The third-order valence-electron chi connectivity index (χ3n) is 2.40. The third-order valence-corrected chi connectivity index (χ3v) is 2.57. The van der Waals surface area contributed by atoms with Gasteiger partial charge in [-0.15, -0.1) is 0 Å². The van der Waals surface area contributed by atoms with Crippen LogP contribution in [0.5, 0.6) is 0 Å². The van der Waals surface area contributed by atoms with Gasteiger partial charge in [0.2, 0.25) is 17.2 Å². The maximum Gasteiger partial charge on any atom is 0.233 e. The predicted molar refractivity (Wildman–Crippen MR) is 74.8 cm³/mol. The van der Waals surface area contributed by atoms with Gasteiger partial charge in [-0.05, 0) is 24.9 Å². The molecule has 7 nitrogen and oxygen atoms in total. The second-order valence-electron chi connectivity index (χ2n) is 4.11. The lowest BCUT2D eigenvalue weighted by atomic mass is 10.4. The SMILES string of the molecule is CCCNc1nc(Cl)nc(Nc2cn(C)nc2C)n1. The number of hydrogen-bond donors (Lipinski definition) is 2. The molecule has 0 aliphatic rings. The lowest BCUT2D eigenvalue weighted by Crippen LogP contribution is -2.07. The molecule has 8 heteroatoms. The molecule has 0 saturated carbocycles. The van der Waals surface area contributed by atoms with Crippen molar-refractivity contribution in [3.8, 4) is 0 Å². The van der Waals surface area contributed by atoms with Crippen molar-refractivity contribution >= 4 is 29.2 Å². The first-order chi connectivity index (χ1) is 9.08. The molecule has 2 aromatic rings. The van der Waals surface area contributed by atoms with Gasteiger partial charge in [0.15, 0.2) is 0 Å². The Bertz CT molecular complexity index is 566. The van der Waals surface area contributed by atoms with E-state index in [9.17, 15) is 0 Å². The number of aryl methyl sites for hydroxylation is 2. The molecule has 2 rings (SSSR count). The largest absolute Gasteiger partial charge is 0.354 e. The summed E-state index contributed by atoms with van der Waals surface area (Å²) >= 11 is 5.88. The summed E-state index contributed by atoms with van der Waals surface area (Å²) in [7, 11) is 1.85.